The highest BCUT2D eigenvalue weighted by Gasteiger charge is 2.15. The monoisotopic (exact) mass is 274 g/mol. The van der Waals surface area contributed by atoms with Crippen LogP contribution >= 0.6 is 0 Å². The summed E-state index contributed by atoms with van der Waals surface area (Å²) < 4.78 is 1.73. The first-order chi connectivity index (χ1) is 9.38. The first kappa shape index (κ1) is 14.0. The first-order valence-corrected chi connectivity index (χ1v) is 6.39. The second-order valence-corrected chi connectivity index (χ2v) is 5.02. The molecule has 1 atom stereocenters. The molecule has 0 amide bonds. The normalized spacial score (nSPS) is 12.2. The fraction of sp³-hybridized carbons (Fsp3) is 0.357. The molecule has 1 heterocycles. The van der Waals surface area contributed by atoms with Crippen molar-refractivity contribution in [2.24, 2.45) is 7.05 Å². The molecule has 1 N–H and O–H groups in total. The van der Waals surface area contributed by atoms with Gasteiger partial charge in [0.15, 0.2) is 0 Å². The fourth-order valence-electron chi connectivity index (χ4n) is 2.17. The summed E-state index contributed by atoms with van der Waals surface area (Å²) in [6.07, 6.45) is 3.71. The van der Waals surface area contributed by atoms with Gasteiger partial charge in [-0.15, -0.1) is 0 Å². The van der Waals surface area contributed by atoms with Gasteiger partial charge in [-0.25, -0.2) is 0 Å². The molecule has 0 radical (unpaired) electrons. The summed E-state index contributed by atoms with van der Waals surface area (Å²) in [5.41, 5.74) is 3.61. The Morgan fingerprint density at radius 1 is 1.35 bits per heavy atom. The van der Waals surface area contributed by atoms with Crippen molar-refractivity contribution in [3.63, 3.8) is 0 Å². The zero-order valence-corrected chi connectivity index (χ0v) is 12.0. The second-order valence-electron chi connectivity index (χ2n) is 5.02. The number of benzene rings is 1. The van der Waals surface area contributed by atoms with E-state index in [4.69, 9.17) is 0 Å². The van der Waals surface area contributed by atoms with Crippen molar-refractivity contribution >= 4 is 11.4 Å². The van der Waals surface area contributed by atoms with Gasteiger partial charge >= 0.3 is 0 Å². The maximum absolute atomic E-state index is 11.0. The lowest BCUT2D eigenvalue weighted by Gasteiger charge is -2.16. The van der Waals surface area contributed by atoms with Gasteiger partial charge in [0, 0.05) is 36.1 Å². The van der Waals surface area contributed by atoms with Crippen LogP contribution in [-0.4, -0.2) is 14.7 Å². The van der Waals surface area contributed by atoms with Gasteiger partial charge in [0.05, 0.1) is 17.2 Å². The molecule has 6 heteroatoms. The molecule has 0 spiro atoms. The predicted octanol–water partition coefficient (Wildman–Crippen LogP) is 3.12. The number of hydrogen-bond acceptors (Lipinski definition) is 4. The molecule has 20 heavy (non-hydrogen) atoms. The molecular weight excluding hydrogens is 256 g/mol. The molecule has 0 fully saturated rings. The van der Waals surface area contributed by atoms with Crippen LogP contribution in [0.5, 0.6) is 0 Å². The number of nitrogens with one attached hydrogen (secondary N) is 1. The fourth-order valence-corrected chi connectivity index (χ4v) is 2.17. The molecule has 1 aromatic heterocycles. The zero-order valence-electron chi connectivity index (χ0n) is 12.0. The molecule has 0 bridgehead atoms. The summed E-state index contributed by atoms with van der Waals surface area (Å²) in [5, 5.41) is 18.4. The van der Waals surface area contributed by atoms with Gasteiger partial charge in [-0.3, -0.25) is 14.8 Å². The number of hydrogen-bond donors (Lipinski definition) is 1. The van der Waals surface area contributed by atoms with Crippen LogP contribution in [-0.2, 0) is 7.05 Å². The smallest absolute Gasteiger partial charge is 0.274 e. The largest absolute Gasteiger partial charge is 0.378 e. The molecule has 2 rings (SSSR count). The van der Waals surface area contributed by atoms with Crippen molar-refractivity contribution in [1.29, 1.82) is 0 Å². The zero-order chi connectivity index (χ0) is 14.9. The van der Waals surface area contributed by atoms with Crippen LogP contribution in [0.1, 0.15) is 29.7 Å². The minimum atomic E-state index is -0.352. The van der Waals surface area contributed by atoms with E-state index < -0.39 is 0 Å². The number of nitrogens with zero attached hydrogens (tertiary/aromatic N) is 3. The summed E-state index contributed by atoms with van der Waals surface area (Å²) >= 11 is 0. The summed E-state index contributed by atoms with van der Waals surface area (Å²) in [6.45, 7) is 5.69. The van der Waals surface area contributed by atoms with Crippen LogP contribution in [0.2, 0.25) is 0 Å². The number of aryl methyl sites for hydroxylation is 3. The number of anilines is 1. The van der Waals surface area contributed by atoms with E-state index in [2.05, 4.69) is 10.4 Å². The third-order valence-electron chi connectivity index (χ3n) is 3.34. The molecular formula is C14H18N4O2. The van der Waals surface area contributed by atoms with Crippen LogP contribution in [0.4, 0.5) is 11.4 Å². The van der Waals surface area contributed by atoms with E-state index in [1.807, 2.05) is 33.2 Å². The number of nitro benzene ring substituents is 1. The van der Waals surface area contributed by atoms with E-state index >= 15 is 0 Å². The molecule has 1 aromatic carbocycles. The minimum Gasteiger partial charge on any atom is -0.378 e. The van der Waals surface area contributed by atoms with Crippen molar-refractivity contribution in [1.82, 2.24) is 9.78 Å². The molecule has 0 saturated carbocycles. The maximum Gasteiger partial charge on any atom is 0.274 e. The van der Waals surface area contributed by atoms with E-state index in [0.717, 1.165) is 16.8 Å². The Morgan fingerprint density at radius 2 is 2.05 bits per heavy atom. The van der Waals surface area contributed by atoms with Gasteiger partial charge in [0.2, 0.25) is 0 Å². The third-order valence-corrected chi connectivity index (χ3v) is 3.34. The van der Waals surface area contributed by atoms with Crippen LogP contribution < -0.4 is 5.32 Å². The second kappa shape index (κ2) is 5.32. The molecule has 6 nitrogen and oxygen atoms in total. The highest BCUT2D eigenvalue weighted by atomic mass is 16.6. The number of aromatic nitrogens is 2. The van der Waals surface area contributed by atoms with Crippen LogP contribution in [0.3, 0.4) is 0 Å². The lowest BCUT2D eigenvalue weighted by Crippen LogP contribution is -2.08. The SMILES string of the molecule is Cc1cc(C)c([N+](=O)[O-])cc1NC(C)c1cnn(C)c1. The Balaban J connectivity index is 2.29. The first-order valence-electron chi connectivity index (χ1n) is 6.39. The average molecular weight is 274 g/mol. The van der Waals surface area contributed by atoms with Crippen molar-refractivity contribution in [3.05, 3.63) is 51.3 Å². The van der Waals surface area contributed by atoms with Crippen LogP contribution in [0.15, 0.2) is 24.5 Å². The lowest BCUT2D eigenvalue weighted by atomic mass is 10.1. The lowest BCUT2D eigenvalue weighted by molar-refractivity contribution is -0.385. The standard InChI is InChI=1S/C14H18N4O2/c1-9-5-10(2)14(18(19)20)6-13(9)16-11(3)12-7-15-17(4)8-12/h5-8,11,16H,1-4H3. The third kappa shape index (κ3) is 2.79. The molecule has 0 aliphatic carbocycles. The van der Waals surface area contributed by atoms with Crippen LogP contribution in [0, 0.1) is 24.0 Å². The summed E-state index contributed by atoms with van der Waals surface area (Å²) in [5.74, 6) is 0. The van der Waals surface area contributed by atoms with Crippen molar-refractivity contribution in [2.75, 3.05) is 5.32 Å². The summed E-state index contributed by atoms with van der Waals surface area (Å²) in [7, 11) is 1.86. The van der Waals surface area contributed by atoms with Gasteiger partial charge in [-0.1, -0.05) is 0 Å². The molecule has 0 saturated heterocycles. The van der Waals surface area contributed by atoms with Crippen molar-refractivity contribution in [3.8, 4) is 0 Å². The Bertz CT molecular complexity index is 649. The highest BCUT2D eigenvalue weighted by Crippen LogP contribution is 2.28. The molecule has 106 valence electrons. The van der Waals surface area contributed by atoms with Gasteiger partial charge in [0.1, 0.15) is 0 Å². The summed E-state index contributed by atoms with van der Waals surface area (Å²) in [4.78, 5) is 10.7. The van der Waals surface area contributed by atoms with E-state index in [0.29, 0.717) is 5.56 Å². The Kier molecular flexibility index (Phi) is 3.74. The van der Waals surface area contributed by atoms with E-state index in [1.54, 1.807) is 23.9 Å². The summed E-state index contributed by atoms with van der Waals surface area (Å²) in [6, 6.07) is 3.46. The van der Waals surface area contributed by atoms with E-state index in [-0.39, 0.29) is 16.7 Å². The van der Waals surface area contributed by atoms with Gasteiger partial charge < -0.3 is 5.32 Å². The van der Waals surface area contributed by atoms with Crippen LogP contribution in [0.25, 0.3) is 0 Å². The van der Waals surface area contributed by atoms with E-state index in [1.165, 1.54) is 0 Å². The van der Waals surface area contributed by atoms with Gasteiger partial charge in [-0.05, 0) is 32.4 Å². The van der Waals surface area contributed by atoms with E-state index in [9.17, 15) is 10.1 Å². The highest BCUT2D eigenvalue weighted by molar-refractivity contribution is 5.60. The maximum atomic E-state index is 11.0. The topological polar surface area (TPSA) is 73.0 Å². The number of rotatable bonds is 4. The Morgan fingerprint density at radius 3 is 2.60 bits per heavy atom. The number of nitro groups is 1. The Hall–Kier alpha value is -2.37. The van der Waals surface area contributed by atoms with Crippen molar-refractivity contribution in [2.45, 2.75) is 26.8 Å². The minimum absolute atomic E-state index is 0.0321. The van der Waals surface area contributed by atoms with Gasteiger partial charge in [0.25, 0.3) is 5.69 Å². The molecule has 2 aromatic rings. The average Bonchev–Trinajstić information content (AvgIpc) is 2.79. The van der Waals surface area contributed by atoms with Gasteiger partial charge in [-0.2, -0.15) is 5.10 Å². The molecule has 0 aliphatic heterocycles. The quantitative estimate of drug-likeness (QED) is 0.686. The molecule has 1 unspecified atom stereocenters. The predicted molar refractivity (Wildman–Crippen MR) is 77.8 cm³/mol. The van der Waals surface area contributed by atoms with Crippen molar-refractivity contribution < 1.29 is 4.92 Å². The molecule has 0 aliphatic rings. The Labute approximate surface area is 117 Å².